The number of aromatic nitrogens is 2. The van der Waals surface area contributed by atoms with Gasteiger partial charge < -0.3 is 0 Å². The zero-order valence-corrected chi connectivity index (χ0v) is 11.2. The molecule has 0 radical (unpaired) electrons. The van der Waals surface area contributed by atoms with Crippen molar-refractivity contribution in [3.05, 3.63) is 77.3 Å². The molecule has 2 aromatic carbocycles. The lowest BCUT2D eigenvalue weighted by atomic mass is 10.0. The number of benzene rings is 2. The van der Waals surface area contributed by atoms with Gasteiger partial charge in [-0.1, -0.05) is 60.7 Å². The van der Waals surface area contributed by atoms with Crippen LogP contribution in [0.25, 0.3) is 22.4 Å². The molecule has 0 unspecified atom stereocenters. The molecule has 3 aromatic rings. The van der Waals surface area contributed by atoms with E-state index in [0.717, 1.165) is 22.4 Å². The van der Waals surface area contributed by atoms with Crippen LogP contribution in [0.4, 0.5) is 0 Å². The molecule has 0 aliphatic carbocycles. The van der Waals surface area contributed by atoms with Crippen LogP contribution in [0.2, 0.25) is 0 Å². The molecule has 0 atom stereocenters. The summed E-state index contributed by atoms with van der Waals surface area (Å²) in [5.74, 6) is 0. The summed E-state index contributed by atoms with van der Waals surface area (Å²) in [6.45, 7) is 0. The minimum Gasteiger partial charge on any atom is -0.210 e. The highest BCUT2D eigenvalue weighted by Crippen LogP contribution is 2.27. The maximum Gasteiger partial charge on any atom is 0.495 e. The zero-order chi connectivity index (χ0) is 13.9. The Bertz CT molecular complexity index is 777. The Labute approximate surface area is 117 Å². The number of aromatic amines is 1. The normalized spacial score (nSPS) is 10.4. The van der Waals surface area contributed by atoms with E-state index in [1.165, 1.54) is 0 Å². The minimum absolute atomic E-state index is 0.122. The second-order valence-corrected chi connectivity index (χ2v) is 4.65. The van der Waals surface area contributed by atoms with Gasteiger partial charge in [-0.15, -0.1) is 0 Å². The predicted octanol–water partition coefficient (Wildman–Crippen LogP) is 2.53. The Hall–Kier alpha value is -2.68. The van der Waals surface area contributed by atoms with Crippen molar-refractivity contribution < 1.29 is 4.57 Å². The van der Waals surface area contributed by atoms with E-state index in [1.54, 1.807) is 17.8 Å². The fourth-order valence-electron chi connectivity index (χ4n) is 2.36. The van der Waals surface area contributed by atoms with Crippen LogP contribution in [0.3, 0.4) is 0 Å². The van der Waals surface area contributed by atoms with Gasteiger partial charge in [0.1, 0.15) is 11.9 Å². The van der Waals surface area contributed by atoms with E-state index in [1.807, 2.05) is 60.7 Å². The van der Waals surface area contributed by atoms with Gasteiger partial charge in [-0.3, -0.25) is 0 Å². The third kappa shape index (κ3) is 2.14. The number of nitrogens with one attached hydrogen (secondary N) is 1. The third-order valence-corrected chi connectivity index (χ3v) is 3.37. The van der Waals surface area contributed by atoms with E-state index < -0.39 is 0 Å². The first kappa shape index (κ1) is 12.4. The van der Waals surface area contributed by atoms with Crippen molar-refractivity contribution in [1.82, 2.24) is 4.98 Å². The number of hydrogen-bond donors (Lipinski definition) is 1. The maximum absolute atomic E-state index is 11.9. The van der Waals surface area contributed by atoms with Gasteiger partial charge >= 0.3 is 5.69 Å². The molecule has 3 nitrogen and oxygen atoms in total. The Morgan fingerprint density at radius 2 is 1.40 bits per heavy atom. The van der Waals surface area contributed by atoms with Gasteiger partial charge in [-0.2, -0.15) is 9.36 Å². The van der Waals surface area contributed by atoms with Crippen LogP contribution in [-0.2, 0) is 7.05 Å². The van der Waals surface area contributed by atoms with Crippen LogP contribution in [0.15, 0.2) is 71.7 Å². The molecule has 0 amide bonds. The summed E-state index contributed by atoms with van der Waals surface area (Å²) in [6, 6.07) is 20.0. The number of hydrogen-bond acceptors (Lipinski definition) is 1. The van der Waals surface area contributed by atoms with Gasteiger partial charge in [-0.05, 0) is 5.56 Å². The highest BCUT2D eigenvalue weighted by atomic mass is 16.1. The Morgan fingerprint density at radius 3 is 2.00 bits per heavy atom. The summed E-state index contributed by atoms with van der Waals surface area (Å²) in [5.41, 5.74) is 3.92. The van der Waals surface area contributed by atoms with E-state index >= 15 is 0 Å². The highest BCUT2D eigenvalue weighted by Gasteiger charge is 2.17. The number of H-pyrrole nitrogens is 1. The van der Waals surface area contributed by atoms with Crippen molar-refractivity contribution in [1.29, 1.82) is 0 Å². The fraction of sp³-hybridized carbons (Fsp3) is 0.0588. The van der Waals surface area contributed by atoms with Crippen LogP contribution >= 0.6 is 0 Å². The SMILES string of the molecule is C[n+]1c(-c2ccccc2)c(-c2ccccc2)c[nH]c1=O. The van der Waals surface area contributed by atoms with Crippen molar-refractivity contribution in [3.8, 4) is 22.4 Å². The van der Waals surface area contributed by atoms with Crippen LogP contribution in [-0.4, -0.2) is 4.98 Å². The second-order valence-electron chi connectivity index (χ2n) is 4.65. The fourth-order valence-corrected chi connectivity index (χ4v) is 2.36. The Balaban J connectivity index is 2.32. The molecule has 0 fully saturated rings. The predicted molar refractivity (Wildman–Crippen MR) is 79.1 cm³/mol. The first-order valence-electron chi connectivity index (χ1n) is 6.50. The molecule has 1 N–H and O–H groups in total. The smallest absolute Gasteiger partial charge is 0.210 e. The largest absolute Gasteiger partial charge is 0.495 e. The van der Waals surface area contributed by atoms with Crippen molar-refractivity contribution >= 4 is 0 Å². The average Bonchev–Trinajstić information content (AvgIpc) is 2.51. The molecule has 1 heterocycles. The lowest BCUT2D eigenvalue weighted by molar-refractivity contribution is -0.677. The molecule has 0 aliphatic heterocycles. The van der Waals surface area contributed by atoms with Crippen LogP contribution in [0.1, 0.15) is 0 Å². The molecule has 0 saturated heterocycles. The van der Waals surface area contributed by atoms with Gasteiger partial charge in [0.15, 0.2) is 0 Å². The van der Waals surface area contributed by atoms with E-state index in [4.69, 9.17) is 0 Å². The summed E-state index contributed by atoms with van der Waals surface area (Å²) in [4.78, 5) is 14.7. The third-order valence-electron chi connectivity index (χ3n) is 3.37. The van der Waals surface area contributed by atoms with Crippen molar-refractivity contribution in [2.75, 3.05) is 0 Å². The lowest BCUT2D eigenvalue weighted by Crippen LogP contribution is -2.49. The van der Waals surface area contributed by atoms with E-state index in [9.17, 15) is 4.79 Å². The topological polar surface area (TPSA) is 36.7 Å². The first-order chi connectivity index (χ1) is 9.77. The molecule has 20 heavy (non-hydrogen) atoms. The van der Waals surface area contributed by atoms with Crippen LogP contribution in [0, 0.1) is 0 Å². The molecule has 0 spiro atoms. The lowest BCUT2D eigenvalue weighted by Gasteiger charge is -2.08. The van der Waals surface area contributed by atoms with Crippen LogP contribution in [0.5, 0.6) is 0 Å². The molecule has 3 rings (SSSR count). The minimum atomic E-state index is -0.122. The van der Waals surface area contributed by atoms with Gasteiger partial charge in [0.05, 0.1) is 12.6 Å². The van der Waals surface area contributed by atoms with E-state index in [-0.39, 0.29) is 5.69 Å². The Kier molecular flexibility index (Phi) is 3.17. The second kappa shape index (κ2) is 5.13. The van der Waals surface area contributed by atoms with E-state index in [0.29, 0.717) is 0 Å². The standard InChI is InChI=1S/C17H14N2O/c1-19-16(14-10-6-3-7-11-14)15(12-18-17(19)20)13-8-4-2-5-9-13/h2-12H,1H3/p+1. The maximum atomic E-state index is 11.9. The Morgan fingerprint density at radius 1 is 0.850 bits per heavy atom. The molecular formula is C17H15N2O+. The summed E-state index contributed by atoms with van der Waals surface area (Å²) in [7, 11) is 1.79. The van der Waals surface area contributed by atoms with Crippen molar-refractivity contribution in [2.45, 2.75) is 0 Å². The van der Waals surface area contributed by atoms with Gasteiger partial charge in [0, 0.05) is 5.56 Å². The van der Waals surface area contributed by atoms with E-state index in [2.05, 4.69) is 4.98 Å². The first-order valence-corrected chi connectivity index (χ1v) is 6.50. The summed E-state index contributed by atoms with van der Waals surface area (Å²) in [5, 5.41) is 0. The quantitative estimate of drug-likeness (QED) is 0.709. The molecule has 0 saturated carbocycles. The zero-order valence-electron chi connectivity index (χ0n) is 11.2. The molecule has 1 aromatic heterocycles. The van der Waals surface area contributed by atoms with Crippen molar-refractivity contribution in [2.24, 2.45) is 7.05 Å². The summed E-state index contributed by atoms with van der Waals surface area (Å²) in [6.07, 6.45) is 1.78. The molecule has 0 aliphatic rings. The summed E-state index contributed by atoms with van der Waals surface area (Å²) < 4.78 is 1.65. The molecule has 98 valence electrons. The van der Waals surface area contributed by atoms with Gasteiger partial charge in [0.2, 0.25) is 0 Å². The molecule has 3 heteroatoms. The highest BCUT2D eigenvalue weighted by molar-refractivity contribution is 5.77. The molecular weight excluding hydrogens is 248 g/mol. The van der Waals surface area contributed by atoms with Gasteiger partial charge in [0.25, 0.3) is 0 Å². The van der Waals surface area contributed by atoms with Crippen LogP contribution < -0.4 is 10.3 Å². The average molecular weight is 263 g/mol. The monoisotopic (exact) mass is 263 g/mol. The number of rotatable bonds is 2. The summed E-state index contributed by atoms with van der Waals surface area (Å²) >= 11 is 0. The van der Waals surface area contributed by atoms with Gasteiger partial charge in [-0.25, -0.2) is 4.98 Å². The van der Waals surface area contributed by atoms with Crippen molar-refractivity contribution in [3.63, 3.8) is 0 Å². The molecule has 0 bridgehead atoms. The number of nitrogens with zero attached hydrogens (tertiary/aromatic N) is 1.